The van der Waals surface area contributed by atoms with Gasteiger partial charge in [0.25, 0.3) is 11.8 Å². The van der Waals surface area contributed by atoms with Crippen molar-refractivity contribution in [1.29, 1.82) is 0 Å². The number of nitrogens with one attached hydrogen (secondary N) is 2. The first kappa shape index (κ1) is 28.7. The fourth-order valence-corrected chi connectivity index (χ4v) is 4.09. The second-order valence-corrected chi connectivity index (χ2v) is 9.14. The highest BCUT2D eigenvalue weighted by Gasteiger charge is 2.42. The third-order valence-electron chi connectivity index (χ3n) is 5.77. The molecule has 0 aromatic heterocycles. The Morgan fingerprint density at radius 3 is 2.16 bits per heavy atom. The van der Waals surface area contributed by atoms with Gasteiger partial charge in [0.1, 0.15) is 25.2 Å². The Morgan fingerprint density at radius 2 is 1.62 bits per heavy atom. The molecule has 12 heteroatoms. The molecule has 3 rings (SSSR count). The summed E-state index contributed by atoms with van der Waals surface area (Å²) in [6.07, 6.45) is -2.14. The van der Waals surface area contributed by atoms with Crippen LogP contribution in [-0.4, -0.2) is 65.7 Å². The minimum atomic E-state index is -1.33. The zero-order valence-electron chi connectivity index (χ0n) is 20.0. The summed E-state index contributed by atoms with van der Waals surface area (Å²) in [5.41, 5.74) is 1.28. The Labute approximate surface area is 223 Å². The largest absolute Gasteiger partial charge is 0.489 e. The number of carboxylic acids is 1. The van der Waals surface area contributed by atoms with Gasteiger partial charge in [0.15, 0.2) is 12.2 Å². The van der Waals surface area contributed by atoms with Crippen molar-refractivity contribution in [2.24, 2.45) is 0 Å². The van der Waals surface area contributed by atoms with E-state index in [-0.39, 0.29) is 26.4 Å². The summed E-state index contributed by atoms with van der Waals surface area (Å²) >= 11 is 12.3. The highest BCUT2D eigenvalue weighted by atomic mass is 35.5. The van der Waals surface area contributed by atoms with E-state index in [4.69, 9.17) is 37.4 Å². The zero-order valence-corrected chi connectivity index (χ0v) is 21.5. The highest BCUT2D eigenvalue weighted by Crippen LogP contribution is 2.26. The number of carbonyl (C=O) groups excluding carboxylic acids is 2. The molecule has 2 aromatic rings. The number of halogens is 2. The molecule has 0 saturated carbocycles. The van der Waals surface area contributed by atoms with Gasteiger partial charge in [-0.25, -0.2) is 4.79 Å². The molecule has 200 valence electrons. The number of hydrogen-bond acceptors (Lipinski definition) is 7. The first-order valence-corrected chi connectivity index (χ1v) is 12.3. The summed E-state index contributed by atoms with van der Waals surface area (Å²) in [5.74, 6) is -2.15. The molecular formula is C25H28Cl2N2O8. The van der Waals surface area contributed by atoms with Crippen LogP contribution in [0.2, 0.25) is 10.0 Å². The van der Waals surface area contributed by atoms with Crippen LogP contribution in [0, 0.1) is 0 Å². The van der Waals surface area contributed by atoms with Crippen molar-refractivity contribution < 1.29 is 38.8 Å². The van der Waals surface area contributed by atoms with Crippen LogP contribution >= 0.6 is 23.2 Å². The summed E-state index contributed by atoms with van der Waals surface area (Å²) in [4.78, 5) is 37.1. The van der Waals surface area contributed by atoms with Gasteiger partial charge in [-0.2, -0.15) is 0 Å². The molecule has 2 unspecified atom stereocenters. The van der Waals surface area contributed by atoms with E-state index >= 15 is 0 Å². The second-order valence-electron chi connectivity index (χ2n) is 8.33. The predicted octanol–water partition coefficient (Wildman–Crippen LogP) is 2.31. The lowest BCUT2D eigenvalue weighted by Crippen LogP contribution is -2.53. The maximum atomic E-state index is 12.8. The Morgan fingerprint density at radius 1 is 1.03 bits per heavy atom. The topological polar surface area (TPSA) is 143 Å². The monoisotopic (exact) mass is 554 g/mol. The van der Waals surface area contributed by atoms with E-state index in [1.54, 1.807) is 49.4 Å². The lowest BCUT2D eigenvalue weighted by atomic mass is 10.0. The lowest BCUT2D eigenvalue weighted by molar-refractivity contribution is -0.144. The number of ether oxygens (including phenoxy) is 3. The van der Waals surface area contributed by atoms with Crippen LogP contribution in [0.15, 0.2) is 42.5 Å². The standard InChI is InChI=1S/C25H28Cl2N2O8/c1-2-15(11-30)28-23(31)21-22(37-13-36-21)24(32)29-20(25(33)34)10-14-6-8-16(9-7-14)35-12-17-18(26)4-3-5-19(17)27/h3-9,15,20-22,30H,2,10-13H2,1H3,(H,28,31)(H,29,32)(H,33,34)/t15?,20?,21-,22-/m1/s1. The molecule has 0 bridgehead atoms. The number of rotatable bonds is 12. The molecule has 4 N–H and O–H groups in total. The van der Waals surface area contributed by atoms with Crippen LogP contribution in [0.1, 0.15) is 24.5 Å². The maximum absolute atomic E-state index is 12.8. The van der Waals surface area contributed by atoms with E-state index in [2.05, 4.69) is 10.6 Å². The second kappa shape index (κ2) is 13.6. The van der Waals surface area contributed by atoms with E-state index in [1.807, 2.05) is 0 Å². The average molecular weight is 555 g/mol. The summed E-state index contributed by atoms with van der Waals surface area (Å²) in [5, 5.41) is 24.9. The van der Waals surface area contributed by atoms with Crippen LogP contribution in [0.4, 0.5) is 0 Å². The van der Waals surface area contributed by atoms with E-state index in [0.29, 0.717) is 33.3 Å². The van der Waals surface area contributed by atoms with E-state index in [0.717, 1.165) is 0 Å². The van der Waals surface area contributed by atoms with Crippen LogP contribution < -0.4 is 15.4 Å². The summed E-state index contributed by atoms with van der Waals surface area (Å²) < 4.78 is 16.2. The summed E-state index contributed by atoms with van der Waals surface area (Å²) in [6, 6.07) is 10.1. The molecule has 2 amide bonds. The first-order chi connectivity index (χ1) is 17.7. The van der Waals surface area contributed by atoms with Gasteiger partial charge in [-0.3, -0.25) is 9.59 Å². The van der Waals surface area contributed by atoms with Gasteiger partial charge in [-0.05, 0) is 36.2 Å². The fourth-order valence-electron chi connectivity index (χ4n) is 3.58. The molecule has 1 aliphatic heterocycles. The molecule has 1 saturated heterocycles. The van der Waals surface area contributed by atoms with Gasteiger partial charge < -0.3 is 35.1 Å². The van der Waals surface area contributed by atoms with Crippen LogP contribution in [-0.2, 0) is 36.9 Å². The number of aliphatic hydroxyl groups is 1. The zero-order chi connectivity index (χ0) is 26.9. The maximum Gasteiger partial charge on any atom is 0.326 e. The normalized spacial score (nSPS) is 18.6. The van der Waals surface area contributed by atoms with Crippen molar-refractivity contribution in [1.82, 2.24) is 10.6 Å². The van der Waals surface area contributed by atoms with Gasteiger partial charge >= 0.3 is 5.97 Å². The SMILES string of the molecule is CCC(CO)NC(=O)[C@@H]1OCO[C@H]1C(=O)NC(Cc1ccc(OCc2c(Cl)cccc2Cl)cc1)C(=O)O. The van der Waals surface area contributed by atoms with Crippen molar-refractivity contribution in [3.63, 3.8) is 0 Å². The smallest absolute Gasteiger partial charge is 0.326 e. The molecule has 1 heterocycles. The quantitative estimate of drug-likeness (QED) is 0.313. The third-order valence-corrected chi connectivity index (χ3v) is 6.48. The van der Waals surface area contributed by atoms with Gasteiger partial charge in [-0.15, -0.1) is 0 Å². The van der Waals surface area contributed by atoms with Crippen molar-refractivity contribution >= 4 is 41.0 Å². The molecule has 1 fully saturated rings. The fraction of sp³-hybridized carbons (Fsp3) is 0.400. The first-order valence-electron chi connectivity index (χ1n) is 11.6. The number of benzene rings is 2. The van der Waals surface area contributed by atoms with Crippen LogP contribution in [0.25, 0.3) is 0 Å². The van der Waals surface area contributed by atoms with Crippen molar-refractivity contribution in [3.05, 3.63) is 63.6 Å². The summed E-state index contributed by atoms with van der Waals surface area (Å²) in [7, 11) is 0. The molecule has 0 spiro atoms. The van der Waals surface area contributed by atoms with Crippen molar-refractivity contribution in [2.75, 3.05) is 13.4 Å². The molecule has 0 radical (unpaired) electrons. The van der Waals surface area contributed by atoms with Gasteiger partial charge in [0.2, 0.25) is 0 Å². The predicted molar refractivity (Wildman–Crippen MR) is 134 cm³/mol. The molecule has 4 atom stereocenters. The molecule has 2 aromatic carbocycles. The van der Waals surface area contributed by atoms with Crippen molar-refractivity contribution in [2.45, 2.75) is 50.7 Å². The molecule has 0 aliphatic carbocycles. The highest BCUT2D eigenvalue weighted by molar-refractivity contribution is 6.35. The number of amides is 2. The third kappa shape index (κ3) is 7.80. The Balaban J connectivity index is 1.59. The van der Waals surface area contributed by atoms with Crippen molar-refractivity contribution in [3.8, 4) is 5.75 Å². The number of aliphatic carboxylic acids is 1. The lowest BCUT2D eigenvalue weighted by Gasteiger charge is -2.21. The molecule has 10 nitrogen and oxygen atoms in total. The van der Waals surface area contributed by atoms with Crippen LogP contribution in [0.5, 0.6) is 5.75 Å². The molecular weight excluding hydrogens is 527 g/mol. The Bertz CT molecular complexity index is 1070. The van der Waals surface area contributed by atoms with E-state index in [9.17, 15) is 24.6 Å². The van der Waals surface area contributed by atoms with E-state index < -0.39 is 42.1 Å². The van der Waals surface area contributed by atoms with Crippen LogP contribution in [0.3, 0.4) is 0 Å². The van der Waals surface area contributed by atoms with E-state index in [1.165, 1.54) is 0 Å². The number of carbonyl (C=O) groups is 3. The van der Waals surface area contributed by atoms with Gasteiger partial charge in [-0.1, -0.05) is 48.3 Å². The number of carboxylic acid groups (broad SMARTS) is 1. The number of aliphatic hydroxyl groups excluding tert-OH is 1. The van der Waals surface area contributed by atoms with Gasteiger partial charge in [0.05, 0.1) is 12.6 Å². The minimum Gasteiger partial charge on any atom is -0.489 e. The Kier molecular flexibility index (Phi) is 10.5. The number of hydrogen-bond donors (Lipinski definition) is 4. The Hall–Kier alpha value is -2.89. The minimum absolute atomic E-state index is 0.0233. The summed E-state index contributed by atoms with van der Waals surface area (Å²) in [6.45, 7) is 1.36. The molecule has 1 aliphatic rings. The van der Waals surface area contributed by atoms with Gasteiger partial charge in [0, 0.05) is 22.0 Å². The molecule has 37 heavy (non-hydrogen) atoms. The average Bonchev–Trinajstić information content (AvgIpc) is 3.38.